The van der Waals surface area contributed by atoms with Crippen LogP contribution in [0.3, 0.4) is 0 Å². The van der Waals surface area contributed by atoms with Crippen LogP contribution in [0.25, 0.3) is 0 Å². The fraction of sp³-hybridized carbons (Fsp3) is 0.222. The normalized spacial score (nSPS) is 11.7. The van der Waals surface area contributed by atoms with Crippen molar-refractivity contribution >= 4 is 30.2 Å². The predicted molar refractivity (Wildman–Crippen MR) is 112 cm³/mol. The molecule has 0 fully saturated rings. The number of methoxy groups -OCH3 is 1. The zero-order chi connectivity index (χ0) is 20.2. The van der Waals surface area contributed by atoms with Gasteiger partial charge in [0.1, 0.15) is 11.9 Å². The largest absolute Gasteiger partial charge is 0.468 e. The van der Waals surface area contributed by atoms with Crippen LogP contribution in [-0.4, -0.2) is 50.7 Å². The monoisotopic (exact) mass is 381 g/mol. The molecule has 1 rings (SSSR count). The Kier molecular flexibility index (Phi) is 8.96. The summed E-state index contributed by atoms with van der Waals surface area (Å²) in [7, 11) is 1.20. The molecule has 0 saturated carbocycles. The molecule has 0 bridgehead atoms. The van der Waals surface area contributed by atoms with E-state index in [0.29, 0.717) is 17.1 Å². The molecule has 9 nitrogen and oxygen atoms in total. The first-order valence-corrected chi connectivity index (χ1v) is 7.96. The number of nitrogens with zero attached hydrogens (tertiary/aromatic N) is 1. The molecule has 1 aromatic carbocycles. The Balaban J connectivity index is -0.000000911. The Morgan fingerprint density at radius 1 is 1.37 bits per heavy atom. The maximum atomic E-state index is 12.2. The minimum absolute atomic E-state index is 0. The highest BCUT2D eigenvalue weighted by atomic mass is 16.5. The summed E-state index contributed by atoms with van der Waals surface area (Å²) in [6.07, 6.45) is 3.18. The van der Waals surface area contributed by atoms with Crippen LogP contribution in [0.1, 0.15) is 16.1 Å². The Hall–Kier alpha value is -3.46. The molecule has 0 spiro atoms. The first-order chi connectivity index (χ1) is 12.9. The SMILES string of the molecule is C=C/C=C(\N=C)Nc1cccc(C(=O)NCC(=O)NC[C@H](N)C(=O)OC)c1.[HH].[HH].[HH].[HH]. The molecule has 0 radical (unpaired) electrons. The van der Waals surface area contributed by atoms with Crippen molar-refractivity contribution < 1.29 is 24.8 Å². The smallest absolute Gasteiger partial charge is 0.324 e. The van der Waals surface area contributed by atoms with Gasteiger partial charge in [0.15, 0.2) is 0 Å². The van der Waals surface area contributed by atoms with E-state index in [1.165, 1.54) is 7.11 Å². The van der Waals surface area contributed by atoms with E-state index in [9.17, 15) is 14.4 Å². The first-order valence-electron chi connectivity index (χ1n) is 7.96. The molecule has 152 valence electrons. The van der Waals surface area contributed by atoms with E-state index in [4.69, 9.17) is 5.73 Å². The summed E-state index contributed by atoms with van der Waals surface area (Å²) in [5, 5.41) is 7.90. The van der Waals surface area contributed by atoms with Crippen LogP contribution in [0, 0.1) is 0 Å². The maximum absolute atomic E-state index is 12.2. The fourth-order valence-electron chi connectivity index (χ4n) is 1.92. The quantitative estimate of drug-likeness (QED) is 0.273. The second-order valence-corrected chi connectivity index (χ2v) is 5.27. The Morgan fingerprint density at radius 2 is 2.11 bits per heavy atom. The molecule has 1 atom stereocenters. The Bertz CT molecular complexity index is 762. The summed E-state index contributed by atoms with van der Waals surface area (Å²) in [5.41, 5.74) is 6.48. The van der Waals surface area contributed by atoms with Crippen LogP contribution in [0.2, 0.25) is 0 Å². The third kappa shape index (κ3) is 7.53. The van der Waals surface area contributed by atoms with Gasteiger partial charge in [-0.25, -0.2) is 4.99 Å². The van der Waals surface area contributed by atoms with Crippen LogP contribution >= 0.6 is 0 Å². The number of carbonyl (C=O) groups excluding carboxylic acids is 3. The average Bonchev–Trinajstić information content (AvgIpc) is 2.69. The molecule has 9 heteroatoms. The number of nitrogens with two attached hydrogens (primary N) is 1. The van der Waals surface area contributed by atoms with Crippen LogP contribution in [-0.2, 0) is 14.3 Å². The molecule has 0 saturated heterocycles. The van der Waals surface area contributed by atoms with Gasteiger partial charge in [-0.3, -0.25) is 14.4 Å². The molecule has 5 N–H and O–H groups in total. The maximum Gasteiger partial charge on any atom is 0.324 e. The van der Waals surface area contributed by atoms with Gasteiger partial charge in [-0.2, -0.15) is 0 Å². The molecular formula is C18H31N5O4. The molecule has 27 heavy (non-hydrogen) atoms. The van der Waals surface area contributed by atoms with Gasteiger partial charge in [0.05, 0.1) is 13.7 Å². The summed E-state index contributed by atoms with van der Waals surface area (Å²) in [6, 6.07) is 5.67. The highest BCUT2D eigenvalue weighted by Gasteiger charge is 2.15. The number of anilines is 1. The molecule has 0 aliphatic carbocycles. The van der Waals surface area contributed by atoms with Crippen LogP contribution < -0.4 is 21.7 Å². The number of carbonyl (C=O) groups is 3. The molecule has 0 aliphatic heterocycles. The number of hydrogen-bond acceptors (Lipinski definition) is 7. The molecular weight excluding hydrogens is 350 g/mol. The summed E-state index contributed by atoms with van der Waals surface area (Å²) in [4.78, 5) is 38.9. The minimum atomic E-state index is -0.964. The summed E-state index contributed by atoms with van der Waals surface area (Å²) < 4.78 is 4.45. The van der Waals surface area contributed by atoms with Crippen molar-refractivity contribution in [2.75, 3.05) is 25.5 Å². The number of allylic oxidation sites excluding steroid dienone is 2. The van der Waals surface area contributed by atoms with Crippen LogP contribution in [0.5, 0.6) is 0 Å². The van der Waals surface area contributed by atoms with Gasteiger partial charge in [-0.05, 0) is 31.0 Å². The highest BCUT2D eigenvalue weighted by Crippen LogP contribution is 2.13. The lowest BCUT2D eigenvalue weighted by molar-refractivity contribution is -0.142. The van der Waals surface area contributed by atoms with Crippen molar-refractivity contribution in [3.63, 3.8) is 0 Å². The summed E-state index contributed by atoms with van der Waals surface area (Å²) >= 11 is 0. The number of nitrogens with one attached hydrogen (secondary N) is 3. The number of rotatable bonds is 10. The molecule has 0 aliphatic rings. The van der Waals surface area contributed by atoms with Gasteiger partial charge in [0.25, 0.3) is 5.91 Å². The van der Waals surface area contributed by atoms with E-state index < -0.39 is 23.8 Å². The van der Waals surface area contributed by atoms with Gasteiger partial charge in [0, 0.05) is 23.5 Å². The van der Waals surface area contributed by atoms with Gasteiger partial charge < -0.3 is 26.4 Å². The third-order valence-corrected chi connectivity index (χ3v) is 3.28. The number of amides is 2. The van der Waals surface area contributed by atoms with Crippen LogP contribution in [0.4, 0.5) is 5.69 Å². The van der Waals surface area contributed by atoms with Crippen molar-refractivity contribution in [1.29, 1.82) is 0 Å². The van der Waals surface area contributed by atoms with E-state index in [-0.39, 0.29) is 18.8 Å². The number of ether oxygens (including phenoxy) is 1. The Labute approximate surface area is 163 Å². The molecule has 0 aromatic heterocycles. The van der Waals surface area contributed by atoms with E-state index in [1.807, 2.05) is 0 Å². The zero-order valence-electron chi connectivity index (χ0n) is 15.0. The molecule has 0 heterocycles. The van der Waals surface area contributed by atoms with Gasteiger partial charge >= 0.3 is 5.97 Å². The lowest BCUT2D eigenvalue weighted by Crippen LogP contribution is -2.45. The number of aliphatic imine (C=N–C) groups is 1. The number of esters is 1. The van der Waals surface area contributed by atoms with Crippen molar-refractivity contribution in [3.8, 4) is 0 Å². The number of hydrogen-bond donors (Lipinski definition) is 4. The van der Waals surface area contributed by atoms with Crippen molar-refractivity contribution in [2.45, 2.75) is 6.04 Å². The van der Waals surface area contributed by atoms with E-state index in [2.05, 4.69) is 39.0 Å². The lowest BCUT2D eigenvalue weighted by atomic mass is 10.2. The fourth-order valence-corrected chi connectivity index (χ4v) is 1.92. The van der Waals surface area contributed by atoms with Gasteiger partial charge in [0.2, 0.25) is 5.91 Å². The van der Waals surface area contributed by atoms with E-state index >= 15 is 0 Å². The van der Waals surface area contributed by atoms with E-state index in [1.54, 1.807) is 36.4 Å². The highest BCUT2D eigenvalue weighted by molar-refractivity contribution is 5.97. The molecule has 1 aromatic rings. The zero-order valence-corrected chi connectivity index (χ0v) is 15.0. The summed E-state index contributed by atoms with van der Waals surface area (Å²) in [6.45, 7) is 6.66. The lowest BCUT2D eigenvalue weighted by Gasteiger charge is -2.11. The van der Waals surface area contributed by atoms with Crippen LogP contribution in [0.15, 0.2) is 53.8 Å². The third-order valence-electron chi connectivity index (χ3n) is 3.28. The second kappa shape index (κ2) is 11.2. The standard InChI is InChI=1S/C18H23N5O4.4H2/c1-4-6-15(20-2)23-13-8-5-7-12(9-13)17(25)22-11-16(24)21-10-14(19)18(26)27-3;;;;/h4-9,14,23H,1-2,10-11,19H2,3H3,(H,21,24)(H,22,25);4*1H/b15-6+;;;;/t14-;;;;/m0..../s1. The van der Waals surface area contributed by atoms with Crippen molar-refractivity contribution in [1.82, 2.24) is 10.6 Å². The van der Waals surface area contributed by atoms with Crippen molar-refractivity contribution in [2.24, 2.45) is 10.7 Å². The minimum Gasteiger partial charge on any atom is -0.468 e. The number of benzene rings is 1. The predicted octanol–water partition coefficient (Wildman–Crippen LogP) is 1.16. The first kappa shape index (κ1) is 21.6. The summed E-state index contributed by atoms with van der Waals surface area (Å²) in [5.74, 6) is -1.08. The average molecular weight is 381 g/mol. The Morgan fingerprint density at radius 3 is 2.74 bits per heavy atom. The second-order valence-electron chi connectivity index (χ2n) is 5.27. The van der Waals surface area contributed by atoms with E-state index in [0.717, 1.165) is 0 Å². The molecule has 0 unspecified atom stereocenters. The topological polar surface area (TPSA) is 135 Å². The van der Waals surface area contributed by atoms with Gasteiger partial charge in [-0.1, -0.05) is 18.7 Å². The molecule has 2 amide bonds. The van der Waals surface area contributed by atoms with Gasteiger partial charge in [-0.15, -0.1) is 0 Å². The van der Waals surface area contributed by atoms with Crippen molar-refractivity contribution in [3.05, 3.63) is 54.4 Å².